The van der Waals surface area contributed by atoms with Crippen LogP contribution in [0.1, 0.15) is 29.8 Å². The molecule has 0 spiro atoms. The van der Waals surface area contributed by atoms with Crippen LogP contribution in [0.4, 0.5) is 0 Å². The van der Waals surface area contributed by atoms with E-state index in [1.807, 2.05) is 18.2 Å². The first-order valence-corrected chi connectivity index (χ1v) is 6.27. The van der Waals surface area contributed by atoms with Gasteiger partial charge in [0.25, 0.3) is 0 Å². The van der Waals surface area contributed by atoms with E-state index in [0.29, 0.717) is 24.6 Å². The van der Waals surface area contributed by atoms with Crippen molar-refractivity contribution in [2.45, 2.75) is 20.4 Å². The highest BCUT2D eigenvalue weighted by Crippen LogP contribution is 2.07. The molecule has 0 heterocycles. The summed E-state index contributed by atoms with van der Waals surface area (Å²) in [6.07, 6.45) is 0. The molecule has 0 bridgehead atoms. The lowest BCUT2D eigenvalue weighted by Gasteiger charge is -2.09. The van der Waals surface area contributed by atoms with Crippen LogP contribution in [0, 0.1) is 5.92 Å². The number of primary amides is 1. The fourth-order valence-corrected chi connectivity index (χ4v) is 1.60. The monoisotopic (exact) mass is 250 g/mol. The van der Waals surface area contributed by atoms with E-state index in [-0.39, 0.29) is 5.91 Å². The second-order valence-corrected chi connectivity index (χ2v) is 4.67. The van der Waals surface area contributed by atoms with Crippen molar-refractivity contribution in [3.8, 4) is 0 Å². The molecule has 0 atom stereocenters. The number of ether oxygens (including phenoxy) is 1. The summed E-state index contributed by atoms with van der Waals surface area (Å²) in [6, 6.07) is 7.37. The molecule has 1 amide bonds. The zero-order chi connectivity index (χ0) is 13.4. The van der Waals surface area contributed by atoms with Gasteiger partial charge in [0.1, 0.15) is 0 Å². The molecule has 0 fully saturated rings. The van der Waals surface area contributed by atoms with Crippen LogP contribution < -0.4 is 11.1 Å². The molecule has 18 heavy (non-hydrogen) atoms. The third-order valence-corrected chi connectivity index (χ3v) is 2.47. The van der Waals surface area contributed by atoms with Crippen molar-refractivity contribution in [2.75, 3.05) is 19.8 Å². The first-order valence-electron chi connectivity index (χ1n) is 6.27. The Labute approximate surface area is 109 Å². The predicted molar refractivity (Wildman–Crippen MR) is 72.3 cm³/mol. The number of carbonyl (C=O) groups excluding carboxylic acids is 1. The van der Waals surface area contributed by atoms with Gasteiger partial charge in [-0.3, -0.25) is 4.79 Å². The molecule has 0 aromatic heterocycles. The number of hydrogen-bond acceptors (Lipinski definition) is 3. The molecule has 0 aliphatic heterocycles. The zero-order valence-corrected chi connectivity index (χ0v) is 11.1. The van der Waals surface area contributed by atoms with Crippen molar-refractivity contribution in [2.24, 2.45) is 11.7 Å². The number of nitrogens with one attached hydrogen (secondary N) is 1. The molecule has 0 unspecified atom stereocenters. The quantitative estimate of drug-likeness (QED) is 0.688. The van der Waals surface area contributed by atoms with Crippen LogP contribution >= 0.6 is 0 Å². The number of benzene rings is 1. The van der Waals surface area contributed by atoms with Crippen molar-refractivity contribution in [1.82, 2.24) is 5.32 Å². The molecule has 1 aromatic rings. The van der Waals surface area contributed by atoms with Gasteiger partial charge in [0.05, 0.1) is 6.61 Å². The average Bonchev–Trinajstić information content (AvgIpc) is 2.33. The number of amides is 1. The van der Waals surface area contributed by atoms with E-state index in [4.69, 9.17) is 10.5 Å². The highest BCUT2D eigenvalue weighted by atomic mass is 16.5. The van der Waals surface area contributed by atoms with Crippen molar-refractivity contribution in [3.05, 3.63) is 35.4 Å². The predicted octanol–water partition coefficient (Wildman–Crippen LogP) is 1.55. The van der Waals surface area contributed by atoms with E-state index in [1.165, 1.54) is 0 Å². The molecule has 0 saturated carbocycles. The van der Waals surface area contributed by atoms with Gasteiger partial charge in [-0.25, -0.2) is 0 Å². The molecule has 0 saturated heterocycles. The van der Waals surface area contributed by atoms with Crippen LogP contribution in [0.15, 0.2) is 24.3 Å². The van der Waals surface area contributed by atoms with E-state index in [0.717, 1.165) is 18.7 Å². The van der Waals surface area contributed by atoms with Gasteiger partial charge in [0.15, 0.2) is 0 Å². The lowest BCUT2D eigenvalue weighted by atomic mass is 10.1. The fraction of sp³-hybridized carbons (Fsp3) is 0.500. The van der Waals surface area contributed by atoms with Crippen LogP contribution in [0.5, 0.6) is 0 Å². The normalized spacial score (nSPS) is 10.8. The first kappa shape index (κ1) is 14.7. The summed E-state index contributed by atoms with van der Waals surface area (Å²) < 4.78 is 5.46. The highest BCUT2D eigenvalue weighted by molar-refractivity contribution is 5.94. The highest BCUT2D eigenvalue weighted by Gasteiger charge is 2.05. The topological polar surface area (TPSA) is 64.3 Å². The minimum atomic E-state index is -0.386. The maximum atomic E-state index is 11.2. The second kappa shape index (κ2) is 7.84. The van der Waals surface area contributed by atoms with Gasteiger partial charge in [0.2, 0.25) is 5.91 Å². The summed E-state index contributed by atoms with van der Waals surface area (Å²) in [5.41, 5.74) is 6.81. The lowest BCUT2D eigenvalue weighted by Crippen LogP contribution is -2.22. The molecule has 100 valence electrons. The molecule has 0 radical (unpaired) electrons. The smallest absolute Gasteiger partial charge is 0.249 e. The number of rotatable bonds is 8. The Bertz CT molecular complexity index is 378. The van der Waals surface area contributed by atoms with E-state index in [1.54, 1.807) is 6.07 Å². The average molecular weight is 250 g/mol. The third-order valence-electron chi connectivity index (χ3n) is 2.47. The summed E-state index contributed by atoms with van der Waals surface area (Å²) in [6.45, 7) is 7.09. The molecule has 3 N–H and O–H groups in total. The third kappa shape index (κ3) is 5.29. The van der Waals surface area contributed by atoms with Gasteiger partial charge in [0, 0.05) is 25.3 Å². The Balaban J connectivity index is 2.29. The Morgan fingerprint density at radius 3 is 2.78 bits per heavy atom. The van der Waals surface area contributed by atoms with E-state index in [9.17, 15) is 4.79 Å². The van der Waals surface area contributed by atoms with Crippen LogP contribution in [0.25, 0.3) is 0 Å². The van der Waals surface area contributed by atoms with Gasteiger partial charge in [-0.15, -0.1) is 0 Å². The maximum absolute atomic E-state index is 11.2. The molecular formula is C14H22N2O2. The molecular weight excluding hydrogens is 228 g/mol. The number of hydrogen-bond donors (Lipinski definition) is 2. The molecule has 4 nitrogen and oxygen atoms in total. The van der Waals surface area contributed by atoms with Gasteiger partial charge in [-0.05, 0) is 17.5 Å². The minimum absolute atomic E-state index is 0.386. The summed E-state index contributed by atoms with van der Waals surface area (Å²) in [4.78, 5) is 11.2. The van der Waals surface area contributed by atoms with Crippen LogP contribution in [0.3, 0.4) is 0 Å². The van der Waals surface area contributed by atoms with Crippen molar-refractivity contribution in [3.63, 3.8) is 0 Å². The van der Waals surface area contributed by atoms with Crippen molar-refractivity contribution >= 4 is 5.91 Å². The standard InChI is InChI=1S/C14H22N2O2/c1-11(2)10-18-8-7-16-9-12-5-3-4-6-13(12)14(15)17/h3-6,11,16H,7-10H2,1-2H3,(H2,15,17). The van der Waals surface area contributed by atoms with Gasteiger partial charge in [-0.1, -0.05) is 32.0 Å². The Hall–Kier alpha value is -1.39. The molecule has 0 aliphatic carbocycles. The zero-order valence-electron chi connectivity index (χ0n) is 11.1. The summed E-state index contributed by atoms with van der Waals surface area (Å²) in [7, 11) is 0. The molecule has 1 rings (SSSR count). The van der Waals surface area contributed by atoms with E-state index in [2.05, 4.69) is 19.2 Å². The van der Waals surface area contributed by atoms with Crippen LogP contribution in [0.2, 0.25) is 0 Å². The Morgan fingerprint density at radius 1 is 1.39 bits per heavy atom. The van der Waals surface area contributed by atoms with Gasteiger partial charge < -0.3 is 15.8 Å². The summed E-state index contributed by atoms with van der Waals surface area (Å²) in [5, 5.41) is 3.24. The summed E-state index contributed by atoms with van der Waals surface area (Å²) in [5.74, 6) is 0.170. The second-order valence-electron chi connectivity index (χ2n) is 4.67. The van der Waals surface area contributed by atoms with Crippen molar-refractivity contribution < 1.29 is 9.53 Å². The summed E-state index contributed by atoms with van der Waals surface area (Å²) >= 11 is 0. The van der Waals surface area contributed by atoms with Crippen molar-refractivity contribution in [1.29, 1.82) is 0 Å². The number of carbonyl (C=O) groups is 1. The van der Waals surface area contributed by atoms with Gasteiger partial charge in [-0.2, -0.15) is 0 Å². The lowest BCUT2D eigenvalue weighted by molar-refractivity contribution is 0.0999. The molecule has 4 heteroatoms. The van der Waals surface area contributed by atoms with Crippen LogP contribution in [-0.4, -0.2) is 25.7 Å². The molecule has 1 aromatic carbocycles. The van der Waals surface area contributed by atoms with E-state index >= 15 is 0 Å². The van der Waals surface area contributed by atoms with Crippen LogP contribution in [-0.2, 0) is 11.3 Å². The number of nitrogens with two attached hydrogens (primary N) is 1. The fourth-order valence-electron chi connectivity index (χ4n) is 1.60. The first-order chi connectivity index (χ1) is 8.61. The van der Waals surface area contributed by atoms with E-state index < -0.39 is 0 Å². The SMILES string of the molecule is CC(C)COCCNCc1ccccc1C(N)=O. The Kier molecular flexibility index (Phi) is 6.39. The van der Waals surface area contributed by atoms with Gasteiger partial charge >= 0.3 is 0 Å². The maximum Gasteiger partial charge on any atom is 0.249 e. The molecule has 0 aliphatic rings. The largest absolute Gasteiger partial charge is 0.380 e. The Morgan fingerprint density at radius 2 is 2.11 bits per heavy atom. The minimum Gasteiger partial charge on any atom is -0.380 e.